The molecule has 1 aromatic heterocycles. The first-order valence-corrected chi connectivity index (χ1v) is 8.80. The number of hydrogen-bond donors (Lipinski definition) is 2. The number of nitrogens with one attached hydrogen (secondary N) is 2. The lowest BCUT2D eigenvalue weighted by Gasteiger charge is -2.36. The lowest BCUT2D eigenvalue weighted by molar-refractivity contribution is 0.0636. The number of piperazine rings is 1. The summed E-state index contributed by atoms with van der Waals surface area (Å²) >= 11 is 0. The third-order valence-electron chi connectivity index (χ3n) is 4.99. The van der Waals surface area contributed by atoms with E-state index in [1.54, 1.807) is 6.20 Å². The highest BCUT2D eigenvalue weighted by Gasteiger charge is 2.29. The number of hydrogen-bond acceptors (Lipinski definition) is 3. The molecule has 6 heteroatoms. The van der Waals surface area contributed by atoms with E-state index in [2.05, 4.69) is 46.7 Å². The van der Waals surface area contributed by atoms with Crippen LogP contribution in [0, 0.1) is 0 Å². The molecule has 26 heavy (non-hydrogen) atoms. The lowest BCUT2D eigenvalue weighted by Crippen LogP contribution is -2.48. The number of aryl methyl sites for hydroxylation is 1. The highest BCUT2D eigenvalue weighted by atomic mass is 35.5. The largest absolute Gasteiger partial charge is 0.329 e. The van der Waals surface area contributed by atoms with Crippen molar-refractivity contribution in [3.63, 3.8) is 0 Å². The highest BCUT2D eigenvalue weighted by Crippen LogP contribution is 2.27. The van der Waals surface area contributed by atoms with Crippen molar-refractivity contribution >= 4 is 29.2 Å². The van der Waals surface area contributed by atoms with Gasteiger partial charge in [-0.25, -0.2) is 0 Å². The van der Waals surface area contributed by atoms with E-state index in [4.69, 9.17) is 0 Å². The number of benzene rings is 2. The summed E-state index contributed by atoms with van der Waals surface area (Å²) in [6.45, 7) is 4.45. The van der Waals surface area contributed by atoms with Crippen LogP contribution in [0.25, 0.3) is 10.9 Å². The Morgan fingerprint density at radius 1 is 1.23 bits per heavy atom. The van der Waals surface area contributed by atoms with E-state index in [-0.39, 0.29) is 24.4 Å². The third kappa shape index (κ3) is 3.32. The molecule has 4 rings (SSSR count). The van der Waals surface area contributed by atoms with Gasteiger partial charge in [0.1, 0.15) is 0 Å². The van der Waals surface area contributed by atoms with Gasteiger partial charge in [-0.3, -0.25) is 9.89 Å². The molecule has 0 radical (unpaired) electrons. The fraction of sp³-hybridized carbons (Fsp3) is 0.300. The van der Waals surface area contributed by atoms with E-state index < -0.39 is 0 Å². The smallest absolute Gasteiger partial charge is 0.255 e. The topological polar surface area (TPSA) is 61.0 Å². The Bertz CT molecular complexity index is 890. The Labute approximate surface area is 159 Å². The molecule has 2 heterocycles. The monoisotopic (exact) mass is 370 g/mol. The van der Waals surface area contributed by atoms with Gasteiger partial charge in [-0.1, -0.05) is 37.3 Å². The van der Waals surface area contributed by atoms with Gasteiger partial charge in [0, 0.05) is 25.0 Å². The van der Waals surface area contributed by atoms with Gasteiger partial charge in [-0.05, 0) is 29.7 Å². The van der Waals surface area contributed by atoms with Crippen molar-refractivity contribution in [2.45, 2.75) is 19.4 Å². The van der Waals surface area contributed by atoms with E-state index in [9.17, 15) is 4.79 Å². The van der Waals surface area contributed by atoms with Crippen LogP contribution in [0.15, 0.2) is 48.7 Å². The van der Waals surface area contributed by atoms with E-state index in [1.807, 2.05) is 23.1 Å². The van der Waals surface area contributed by atoms with E-state index in [1.165, 1.54) is 11.1 Å². The van der Waals surface area contributed by atoms with Gasteiger partial charge < -0.3 is 10.2 Å². The molecular weight excluding hydrogens is 348 g/mol. The number of carbonyl (C=O) groups is 1. The van der Waals surface area contributed by atoms with Crippen LogP contribution in [0.4, 0.5) is 0 Å². The molecule has 1 fully saturated rings. The van der Waals surface area contributed by atoms with E-state index in [0.29, 0.717) is 12.1 Å². The summed E-state index contributed by atoms with van der Waals surface area (Å²) in [6.07, 6.45) is 2.75. The van der Waals surface area contributed by atoms with Gasteiger partial charge in [-0.2, -0.15) is 5.10 Å². The molecule has 2 N–H and O–H groups in total. The Morgan fingerprint density at radius 3 is 2.81 bits per heavy atom. The van der Waals surface area contributed by atoms with Crippen LogP contribution < -0.4 is 5.32 Å². The number of halogens is 1. The molecule has 0 spiro atoms. The van der Waals surface area contributed by atoms with Crippen molar-refractivity contribution in [3.8, 4) is 0 Å². The van der Waals surface area contributed by atoms with Gasteiger partial charge >= 0.3 is 0 Å². The van der Waals surface area contributed by atoms with Crippen LogP contribution in [0.1, 0.15) is 34.5 Å². The zero-order valence-electron chi connectivity index (χ0n) is 14.7. The van der Waals surface area contributed by atoms with Crippen molar-refractivity contribution in [2.24, 2.45) is 0 Å². The van der Waals surface area contributed by atoms with Gasteiger partial charge in [0.15, 0.2) is 0 Å². The van der Waals surface area contributed by atoms with E-state index in [0.717, 1.165) is 30.4 Å². The van der Waals surface area contributed by atoms with Crippen molar-refractivity contribution in [3.05, 3.63) is 65.4 Å². The molecule has 1 atom stereocenters. The molecule has 5 nitrogen and oxygen atoms in total. The second-order valence-corrected chi connectivity index (χ2v) is 6.45. The second kappa shape index (κ2) is 7.89. The van der Waals surface area contributed by atoms with Crippen molar-refractivity contribution in [1.29, 1.82) is 0 Å². The van der Waals surface area contributed by atoms with Crippen LogP contribution in [-0.2, 0) is 6.42 Å². The zero-order valence-corrected chi connectivity index (χ0v) is 15.6. The van der Waals surface area contributed by atoms with Crippen molar-refractivity contribution in [2.75, 3.05) is 19.6 Å². The molecule has 0 bridgehead atoms. The van der Waals surface area contributed by atoms with Gasteiger partial charge in [0.05, 0.1) is 23.3 Å². The van der Waals surface area contributed by atoms with Gasteiger partial charge in [0.2, 0.25) is 0 Å². The maximum Gasteiger partial charge on any atom is 0.255 e. The molecule has 1 unspecified atom stereocenters. The number of nitrogens with zero attached hydrogens (tertiary/aromatic N) is 2. The number of amides is 1. The van der Waals surface area contributed by atoms with Gasteiger partial charge in [-0.15, -0.1) is 12.4 Å². The Morgan fingerprint density at radius 2 is 2.04 bits per heavy atom. The first-order valence-electron chi connectivity index (χ1n) is 8.80. The average Bonchev–Trinajstić information content (AvgIpc) is 3.16. The first-order chi connectivity index (χ1) is 12.3. The molecule has 0 saturated carbocycles. The normalized spacial score (nSPS) is 17.1. The average molecular weight is 371 g/mol. The highest BCUT2D eigenvalue weighted by molar-refractivity contribution is 6.06. The molecule has 1 amide bonds. The molecular formula is C20H23ClN4O. The lowest BCUT2D eigenvalue weighted by atomic mass is 9.99. The minimum Gasteiger partial charge on any atom is -0.329 e. The van der Waals surface area contributed by atoms with Crippen molar-refractivity contribution < 1.29 is 4.79 Å². The van der Waals surface area contributed by atoms with Crippen LogP contribution in [-0.4, -0.2) is 40.6 Å². The number of aromatic nitrogens is 2. The Kier molecular flexibility index (Phi) is 5.59. The van der Waals surface area contributed by atoms with Gasteiger partial charge in [0.25, 0.3) is 5.91 Å². The SMILES string of the molecule is CCc1ccc(C2CNCCN2C(=O)c2cccc3[nH]ncc23)cc1.Cl. The molecule has 1 aliphatic rings. The van der Waals surface area contributed by atoms with Crippen molar-refractivity contribution in [1.82, 2.24) is 20.4 Å². The summed E-state index contributed by atoms with van der Waals surface area (Å²) in [7, 11) is 0. The predicted octanol–water partition coefficient (Wildman–Crippen LogP) is 3.33. The fourth-order valence-electron chi connectivity index (χ4n) is 3.53. The quantitative estimate of drug-likeness (QED) is 0.743. The number of fused-ring (bicyclic) bond motifs is 1. The maximum atomic E-state index is 13.3. The first kappa shape index (κ1) is 18.4. The molecule has 0 aliphatic carbocycles. The number of rotatable bonds is 3. The zero-order chi connectivity index (χ0) is 17.2. The second-order valence-electron chi connectivity index (χ2n) is 6.45. The number of carbonyl (C=O) groups excluding carboxylic acids is 1. The van der Waals surface area contributed by atoms with Crippen LogP contribution in [0.3, 0.4) is 0 Å². The summed E-state index contributed by atoms with van der Waals surface area (Å²) in [5.41, 5.74) is 4.10. The summed E-state index contributed by atoms with van der Waals surface area (Å²) in [5.74, 6) is 0.0677. The maximum absolute atomic E-state index is 13.3. The molecule has 3 aromatic rings. The standard InChI is InChI=1S/C20H22N4O.ClH/c1-2-14-6-8-15(9-7-14)19-13-21-10-11-24(19)20(25)16-4-3-5-18-17(16)12-22-23-18;/h3-9,12,19,21H,2,10-11,13H2,1H3,(H,22,23);1H. The van der Waals surface area contributed by atoms with E-state index >= 15 is 0 Å². The fourth-order valence-corrected chi connectivity index (χ4v) is 3.53. The Balaban J connectivity index is 0.00000196. The minimum absolute atomic E-state index is 0. The minimum atomic E-state index is 0. The Hall–Kier alpha value is -2.37. The summed E-state index contributed by atoms with van der Waals surface area (Å²) in [6, 6.07) is 14.4. The summed E-state index contributed by atoms with van der Waals surface area (Å²) < 4.78 is 0. The predicted molar refractivity (Wildman–Crippen MR) is 106 cm³/mol. The molecule has 2 aromatic carbocycles. The third-order valence-corrected chi connectivity index (χ3v) is 4.99. The van der Waals surface area contributed by atoms with Crippen LogP contribution in [0.2, 0.25) is 0 Å². The summed E-state index contributed by atoms with van der Waals surface area (Å²) in [5, 5.41) is 11.3. The summed E-state index contributed by atoms with van der Waals surface area (Å²) in [4.78, 5) is 15.3. The number of aromatic amines is 1. The molecule has 136 valence electrons. The molecule has 1 saturated heterocycles. The van der Waals surface area contributed by atoms with Crippen LogP contribution >= 0.6 is 12.4 Å². The number of H-pyrrole nitrogens is 1. The molecule has 1 aliphatic heterocycles. The van der Waals surface area contributed by atoms with Crippen LogP contribution in [0.5, 0.6) is 0 Å².